The van der Waals surface area contributed by atoms with Crippen LogP contribution in [0, 0.1) is 6.92 Å². The second kappa shape index (κ2) is 3.48. The molecular weight excluding hydrogens is 178 g/mol. The lowest BCUT2D eigenvalue weighted by Gasteiger charge is -2.05. The van der Waals surface area contributed by atoms with E-state index in [1.165, 1.54) is 0 Å². The zero-order chi connectivity index (χ0) is 9.14. The number of hydrogen-bond acceptors (Lipinski definition) is 5. The Kier molecular flexibility index (Phi) is 2.59. The van der Waals surface area contributed by atoms with Crippen LogP contribution in [0.25, 0.3) is 0 Å². The molecule has 0 aliphatic carbocycles. The molecule has 0 aliphatic rings. The molecule has 1 aromatic heterocycles. The largest absolute Gasteiger partial charge is 0.480 e. The predicted molar refractivity (Wildman–Crippen MR) is 45.4 cm³/mol. The van der Waals surface area contributed by atoms with Crippen LogP contribution in [0.5, 0.6) is 0 Å². The zero-order valence-electron chi connectivity index (χ0n) is 6.74. The smallest absolute Gasteiger partial charge is 0.325 e. The minimum atomic E-state index is -0.900. The van der Waals surface area contributed by atoms with Gasteiger partial charge in [-0.3, -0.25) is 4.79 Å². The molecule has 0 radical (unpaired) electrons. The molecule has 0 saturated carbocycles. The van der Waals surface area contributed by atoms with Crippen LogP contribution in [-0.2, 0) is 4.79 Å². The Labute approximate surface area is 73.6 Å². The van der Waals surface area contributed by atoms with Crippen LogP contribution in [0.15, 0.2) is 0 Å². The van der Waals surface area contributed by atoms with Gasteiger partial charge in [0.1, 0.15) is 11.9 Å². The third-order valence-electron chi connectivity index (χ3n) is 1.24. The van der Waals surface area contributed by atoms with E-state index in [0.29, 0.717) is 11.0 Å². The van der Waals surface area contributed by atoms with Gasteiger partial charge in [-0.15, -0.1) is 0 Å². The average molecular weight is 187 g/mol. The van der Waals surface area contributed by atoms with E-state index in [2.05, 4.69) is 14.7 Å². The number of carboxylic acid groups (broad SMARTS) is 1. The molecule has 6 heteroatoms. The molecule has 66 valence electrons. The van der Waals surface area contributed by atoms with Crippen molar-refractivity contribution < 1.29 is 9.90 Å². The molecule has 0 aromatic carbocycles. The molecule has 1 unspecified atom stereocenters. The molecule has 0 fully saturated rings. The fourth-order valence-corrected chi connectivity index (χ4v) is 1.26. The van der Waals surface area contributed by atoms with Crippen LogP contribution < -0.4 is 5.32 Å². The standard InChI is InChI=1S/C6H9N3O2S/c1-3(5(10)11)7-6-8-4(2)9-12-6/h3H,1-2H3,(H,10,11)(H,7,8,9). The van der Waals surface area contributed by atoms with Crippen molar-refractivity contribution in [2.75, 3.05) is 5.32 Å². The highest BCUT2D eigenvalue weighted by molar-refractivity contribution is 7.09. The van der Waals surface area contributed by atoms with Gasteiger partial charge in [0.05, 0.1) is 0 Å². The lowest BCUT2D eigenvalue weighted by molar-refractivity contribution is -0.137. The normalized spacial score (nSPS) is 12.5. The highest BCUT2D eigenvalue weighted by atomic mass is 32.1. The summed E-state index contributed by atoms with van der Waals surface area (Å²) in [5.41, 5.74) is 0. The second-order valence-electron chi connectivity index (χ2n) is 2.35. The topological polar surface area (TPSA) is 75.1 Å². The van der Waals surface area contributed by atoms with Gasteiger partial charge < -0.3 is 10.4 Å². The third kappa shape index (κ3) is 2.16. The fraction of sp³-hybridized carbons (Fsp3) is 0.500. The molecule has 0 bridgehead atoms. The van der Waals surface area contributed by atoms with Crippen molar-refractivity contribution in [2.24, 2.45) is 0 Å². The Morgan fingerprint density at radius 3 is 2.83 bits per heavy atom. The van der Waals surface area contributed by atoms with Crippen molar-refractivity contribution in [2.45, 2.75) is 19.9 Å². The first-order valence-corrected chi connectivity index (χ1v) is 4.16. The Hall–Kier alpha value is -1.17. The van der Waals surface area contributed by atoms with Crippen LogP contribution in [0.2, 0.25) is 0 Å². The van der Waals surface area contributed by atoms with Gasteiger partial charge in [-0.25, -0.2) is 4.98 Å². The van der Waals surface area contributed by atoms with Crippen molar-refractivity contribution in [3.8, 4) is 0 Å². The average Bonchev–Trinajstić information content (AvgIpc) is 2.35. The molecule has 1 heterocycles. The molecule has 1 atom stereocenters. The van der Waals surface area contributed by atoms with E-state index in [9.17, 15) is 4.79 Å². The Morgan fingerprint density at radius 2 is 2.42 bits per heavy atom. The molecule has 0 amide bonds. The summed E-state index contributed by atoms with van der Waals surface area (Å²) in [5.74, 6) is -0.247. The summed E-state index contributed by atoms with van der Waals surface area (Å²) in [6, 6.07) is -0.627. The SMILES string of the molecule is Cc1nsc(NC(C)C(=O)O)n1. The van der Waals surface area contributed by atoms with Crippen molar-refractivity contribution in [3.05, 3.63) is 5.82 Å². The van der Waals surface area contributed by atoms with Crippen molar-refractivity contribution >= 4 is 22.6 Å². The summed E-state index contributed by atoms with van der Waals surface area (Å²) in [4.78, 5) is 14.4. The number of hydrogen-bond donors (Lipinski definition) is 2. The van der Waals surface area contributed by atoms with Gasteiger partial charge in [0.25, 0.3) is 0 Å². The fourth-order valence-electron chi connectivity index (χ4n) is 0.603. The second-order valence-corrected chi connectivity index (χ2v) is 3.10. The van der Waals surface area contributed by atoms with E-state index in [0.717, 1.165) is 11.5 Å². The first-order valence-electron chi connectivity index (χ1n) is 3.39. The molecular formula is C6H9N3O2S. The summed E-state index contributed by atoms with van der Waals surface area (Å²) < 4.78 is 3.90. The summed E-state index contributed by atoms with van der Waals surface area (Å²) in [6.45, 7) is 3.31. The molecule has 2 N–H and O–H groups in total. The highest BCUT2D eigenvalue weighted by Crippen LogP contribution is 2.11. The van der Waals surface area contributed by atoms with Gasteiger partial charge in [-0.05, 0) is 13.8 Å². The van der Waals surface area contributed by atoms with Gasteiger partial charge in [-0.1, -0.05) is 0 Å². The Bertz CT molecular complexity index is 286. The lowest BCUT2D eigenvalue weighted by Crippen LogP contribution is -2.25. The minimum Gasteiger partial charge on any atom is -0.480 e. The van der Waals surface area contributed by atoms with E-state index in [-0.39, 0.29) is 0 Å². The van der Waals surface area contributed by atoms with E-state index < -0.39 is 12.0 Å². The van der Waals surface area contributed by atoms with E-state index in [1.54, 1.807) is 13.8 Å². The maximum atomic E-state index is 10.4. The Morgan fingerprint density at radius 1 is 1.75 bits per heavy atom. The van der Waals surface area contributed by atoms with Gasteiger partial charge in [0.2, 0.25) is 5.13 Å². The number of carboxylic acids is 1. The first-order chi connectivity index (χ1) is 5.59. The van der Waals surface area contributed by atoms with E-state index in [4.69, 9.17) is 5.11 Å². The molecule has 0 saturated heterocycles. The van der Waals surface area contributed by atoms with Crippen LogP contribution in [0.1, 0.15) is 12.7 Å². The summed E-state index contributed by atoms with van der Waals surface area (Å²) in [7, 11) is 0. The van der Waals surface area contributed by atoms with Crippen molar-refractivity contribution in [1.82, 2.24) is 9.36 Å². The number of aromatic nitrogens is 2. The number of aliphatic carboxylic acids is 1. The van der Waals surface area contributed by atoms with Crippen LogP contribution in [0.3, 0.4) is 0 Å². The van der Waals surface area contributed by atoms with Crippen LogP contribution in [-0.4, -0.2) is 26.5 Å². The lowest BCUT2D eigenvalue weighted by atomic mass is 10.4. The summed E-state index contributed by atoms with van der Waals surface area (Å²) in [6.07, 6.45) is 0. The highest BCUT2D eigenvalue weighted by Gasteiger charge is 2.11. The molecule has 12 heavy (non-hydrogen) atoms. The van der Waals surface area contributed by atoms with Gasteiger partial charge >= 0.3 is 5.97 Å². The molecule has 1 rings (SSSR count). The minimum absolute atomic E-state index is 0.544. The zero-order valence-corrected chi connectivity index (χ0v) is 7.55. The molecule has 5 nitrogen and oxygen atoms in total. The van der Waals surface area contributed by atoms with Gasteiger partial charge in [-0.2, -0.15) is 4.37 Å². The van der Waals surface area contributed by atoms with Gasteiger partial charge in [0.15, 0.2) is 0 Å². The van der Waals surface area contributed by atoms with Crippen LogP contribution >= 0.6 is 11.5 Å². The maximum absolute atomic E-state index is 10.4. The number of anilines is 1. The molecule has 0 aliphatic heterocycles. The predicted octanol–water partition coefficient (Wildman–Crippen LogP) is 0.732. The number of rotatable bonds is 3. The van der Waals surface area contributed by atoms with E-state index >= 15 is 0 Å². The number of aryl methyl sites for hydroxylation is 1. The number of carbonyl (C=O) groups is 1. The third-order valence-corrected chi connectivity index (χ3v) is 1.98. The summed E-state index contributed by atoms with van der Waals surface area (Å²) >= 11 is 1.16. The quantitative estimate of drug-likeness (QED) is 0.729. The monoisotopic (exact) mass is 187 g/mol. The van der Waals surface area contributed by atoms with Crippen molar-refractivity contribution in [1.29, 1.82) is 0 Å². The number of nitrogens with one attached hydrogen (secondary N) is 1. The van der Waals surface area contributed by atoms with Gasteiger partial charge in [0, 0.05) is 11.5 Å². The van der Waals surface area contributed by atoms with E-state index in [1.807, 2.05) is 0 Å². The molecule has 1 aromatic rings. The van der Waals surface area contributed by atoms with Crippen molar-refractivity contribution in [3.63, 3.8) is 0 Å². The van der Waals surface area contributed by atoms with Crippen LogP contribution in [0.4, 0.5) is 5.13 Å². The maximum Gasteiger partial charge on any atom is 0.325 e. The molecule has 0 spiro atoms. The number of nitrogens with zero attached hydrogens (tertiary/aromatic N) is 2. The Balaban J connectivity index is 2.58. The summed E-state index contributed by atoms with van der Waals surface area (Å²) in [5, 5.41) is 11.8. The first kappa shape index (κ1) is 8.92.